The Bertz CT molecular complexity index is 852. The molecule has 0 aliphatic carbocycles. The molecule has 28 heavy (non-hydrogen) atoms. The van der Waals surface area contributed by atoms with Crippen molar-refractivity contribution < 1.29 is 28.2 Å². The molecule has 7 heteroatoms. The topological polar surface area (TPSA) is 73.9 Å². The second-order valence-corrected chi connectivity index (χ2v) is 5.90. The van der Waals surface area contributed by atoms with Crippen molar-refractivity contribution in [3.05, 3.63) is 66.5 Å². The summed E-state index contributed by atoms with van der Waals surface area (Å²) >= 11 is 0. The average Bonchev–Trinajstić information content (AvgIpc) is 2.67. The minimum atomic E-state index is -1.07. The molecule has 0 aliphatic heterocycles. The van der Waals surface area contributed by atoms with Gasteiger partial charge >= 0.3 is 5.97 Å². The van der Waals surface area contributed by atoms with Crippen LogP contribution in [0.25, 0.3) is 0 Å². The Morgan fingerprint density at radius 3 is 2.68 bits per heavy atom. The van der Waals surface area contributed by atoms with Gasteiger partial charge in [-0.2, -0.15) is 0 Å². The Kier molecular flexibility index (Phi) is 7.56. The number of benzene rings is 2. The molecule has 1 atom stereocenters. The maximum absolute atomic E-state index is 13.2. The van der Waals surface area contributed by atoms with Gasteiger partial charge in [0.15, 0.2) is 24.2 Å². The average molecular weight is 387 g/mol. The lowest BCUT2D eigenvalue weighted by Gasteiger charge is -2.15. The van der Waals surface area contributed by atoms with Crippen LogP contribution >= 0.6 is 0 Å². The third-order valence-corrected chi connectivity index (χ3v) is 3.72. The summed E-state index contributed by atoms with van der Waals surface area (Å²) < 4.78 is 28.9. The van der Waals surface area contributed by atoms with E-state index in [1.165, 1.54) is 32.2 Å². The number of ether oxygens (including phenoxy) is 3. The molecule has 0 bridgehead atoms. The molecule has 2 aromatic carbocycles. The first-order chi connectivity index (χ1) is 13.4. The highest BCUT2D eigenvalue weighted by molar-refractivity contribution is 5.95. The van der Waals surface area contributed by atoms with E-state index in [9.17, 15) is 14.0 Å². The van der Waals surface area contributed by atoms with Gasteiger partial charge in [0.1, 0.15) is 5.82 Å². The van der Waals surface area contributed by atoms with Crippen molar-refractivity contribution in [3.63, 3.8) is 0 Å². The molecule has 0 spiro atoms. The van der Waals surface area contributed by atoms with E-state index in [0.29, 0.717) is 17.9 Å². The maximum Gasteiger partial charge on any atom is 0.344 e. The number of allylic oxidation sites excluding steroid dienone is 1. The van der Waals surface area contributed by atoms with Gasteiger partial charge in [-0.3, -0.25) is 4.79 Å². The van der Waals surface area contributed by atoms with Crippen molar-refractivity contribution >= 4 is 17.6 Å². The van der Waals surface area contributed by atoms with E-state index in [0.717, 1.165) is 11.6 Å². The van der Waals surface area contributed by atoms with Gasteiger partial charge in [-0.15, -0.1) is 6.58 Å². The Balaban J connectivity index is 1.87. The molecule has 1 N–H and O–H groups in total. The summed E-state index contributed by atoms with van der Waals surface area (Å²) in [7, 11) is 1.50. The molecular formula is C21H22FNO5. The van der Waals surface area contributed by atoms with Crippen LogP contribution in [0.15, 0.2) is 55.1 Å². The van der Waals surface area contributed by atoms with E-state index in [-0.39, 0.29) is 5.69 Å². The summed E-state index contributed by atoms with van der Waals surface area (Å²) in [6.07, 6.45) is 1.37. The quantitative estimate of drug-likeness (QED) is 0.527. The number of amides is 1. The lowest BCUT2D eigenvalue weighted by molar-refractivity contribution is -0.155. The summed E-state index contributed by atoms with van der Waals surface area (Å²) in [6.45, 7) is 4.70. The van der Waals surface area contributed by atoms with E-state index < -0.39 is 30.4 Å². The van der Waals surface area contributed by atoms with Gasteiger partial charge in [-0.1, -0.05) is 18.2 Å². The van der Waals surface area contributed by atoms with Gasteiger partial charge in [-0.05, 0) is 49.2 Å². The maximum atomic E-state index is 13.2. The zero-order valence-electron chi connectivity index (χ0n) is 15.7. The Morgan fingerprint density at radius 2 is 2.00 bits per heavy atom. The third-order valence-electron chi connectivity index (χ3n) is 3.72. The molecule has 0 fully saturated rings. The molecule has 2 rings (SSSR count). The van der Waals surface area contributed by atoms with Crippen molar-refractivity contribution in [2.24, 2.45) is 0 Å². The number of rotatable bonds is 9. The second kappa shape index (κ2) is 10.1. The number of methoxy groups -OCH3 is 1. The van der Waals surface area contributed by atoms with E-state index in [4.69, 9.17) is 14.2 Å². The highest BCUT2D eigenvalue weighted by Gasteiger charge is 2.19. The van der Waals surface area contributed by atoms with Crippen LogP contribution in [-0.2, 0) is 20.7 Å². The third kappa shape index (κ3) is 6.12. The zero-order chi connectivity index (χ0) is 20.5. The van der Waals surface area contributed by atoms with Crippen molar-refractivity contribution in [1.29, 1.82) is 0 Å². The molecule has 0 unspecified atom stereocenters. The Morgan fingerprint density at radius 1 is 1.21 bits per heavy atom. The van der Waals surface area contributed by atoms with Crippen molar-refractivity contribution in [1.82, 2.24) is 0 Å². The number of nitrogens with one attached hydrogen (secondary N) is 1. The monoisotopic (exact) mass is 387 g/mol. The number of halogens is 1. The van der Waals surface area contributed by atoms with E-state index in [1.54, 1.807) is 18.2 Å². The predicted molar refractivity (Wildman–Crippen MR) is 103 cm³/mol. The standard InChI is InChI=1S/C21H22FNO5/c1-4-6-15-9-10-18(19(11-15)26-3)27-13-20(24)28-14(2)21(25)23-17-8-5-7-16(22)12-17/h4-5,7-12,14H,1,6,13H2,2-3H3,(H,23,25)/t14-/m0/s1. The highest BCUT2D eigenvalue weighted by atomic mass is 19.1. The van der Waals surface area contributed by atoms with E-state index in [2.05, 4.69) is 11.9 Å². The molecule has 0 aromatic heterocycles. The summed E-state index contributed by atoms with van der Waals surface area (Å²) in [5.41, 5.74) is 1.26. The fraction of sp³-hybridized carbons (Fsp3) is 0.238. The Hall–Kier alpha value is -3.35. The van der Waals surface area contributed by atoms with Crippen molar-refractivity contribution in [2.75, 3.05) is 19.0 Å². The number of carbonyl (C=O) groups is 2. The first kappa shape index (κ1) is 21.0. The molecular weight excluding hydrogens is 365 g/mol. The number of carbonyl (C=O) groups excluding carboxylic acids is 2. The highest BCUT2D eigenvalue weighted by Crippen LogP contribution is 2.28. The van der Waals surface area contributed by atoms with Crippen molar-refractivity contribution in [3.8, 4) is 11.5 Å². The SMILES string of the molecule is C=CCc1ccc(OCC(=O)O[C@@H](C)C(=O)Nc2cccc(F)c2)c(OC)c1. The molecule has 6 nitrogen and oxygen atoms in total. The van der Waals surface area contributed by atoms with Crippen LogP contribution in [0.3, 0.4) is 0 Å². The fourth-order valence-electron chi connectivity index (χ4n) is 2.36. The minimum Gasteiger partial charge on any atom is -0.493 e. The molecule has 0 saturated carbocycles. The molecule has 0 saturated heterocycles. The molecule has 0 heterocycles. The van der Waals surface area contributed by atoms with Crippen molar-refractivity contribution in [2.45, 2.75) is 19.4 Å². The van der Waals surface area contributed by atoms with Gasteiger partial charge in [0, 0.05) is 5.69 Å². The largest absolute Gasteiger partial charge is 0.493 e. The van der Waals surface area contributed by atoms with Crippen LogP contribution in [0.4, 0.5) is 10.1 Å². The smallest absolute Gasteiger partial charge is 0.344 e. The lowest BCUT2D eigenvalue weighted by Crippen LogP contribution is -2.31. The van der Waals surface area contributed by atoms with E-state index >= 15 is 0 Å². The lowest BCUT2D eigenvalue weighted by atomic mass is 10.1. The van der Waals surface area contributed by atoms with Crippen LogP contribution in [0, 0.1) is 5.82 Å². The van der Waals surface area contributed by atoms with E-state index in [1.807, 2.05) is 6.07 Å². The molecule has 148 valence electrons. The summed E-state index contributed by atoms with van der Waals surface area (Å²) in [5, 5.41) is 2.47. The van der Waals surface area contributed by atoms with Gasteiger partial charge in [0.25, 0.3) is 5.91 Å². The fourth-order valence-corrected chi connectivity index (χ4v) is 2.36. The Labute approximate surface area is 162 Å². The number of anilines is 1. The molecule has 2 aromatic rings. The normalized spacial score (nSPS) is 11.2. The zero-order valence-corrected chi connectivity index (χ0v) is 15.7. The van der Waals surface area contributed by atoms with Gasteiger partial charge < -0.3 is 19.5 Å². The molecule has 0 aliphatic rings. The van der Waals surface area contributed by atoms with Crippen LogP contribution in [0.1, 0.15) is 12.5 Å². The first-order valence-electron chi connectivity index (χ1n) is 8.59. The second-order valence-electron chi connectivity index (χ2n) is 5.90. The van der Waals surface area contributed by atoms with Crippen LogP contribution in [-0.4, -0.2) is 31.7 Å². The minimum absolute atomic E-state index is 0.272. The van der Waals surface area contributed by atoms with Crippen LogP contribution < -0.4 is 14.8 Å². The summed E-state index contributed by atoms with van der Waals surface area (Å²) in [4.78, 5) is 24.0. The van der Waals surface area contributed by atoms with Gasteiger partial charge in [0.05, 0.1) is 7.11 Å². The first-order valence-corrected chi connectivity index (χ1v) is 8.59. The summed E-state index contributed by atoms with van der Waals surface area (Å²) in [5.74, 6) is -0.929. The number of esters is 1. The van der Waals surface area contributed by atoms with Gasteiger partial charge in [-0.25, -0.2) is 9.18 Å². The van der Waals surface area contributed by atoms with Crippen LogP contribution in [0.2, 0.25) is 0 Å². The summed E-state index contributed by atoms with van der Waals surface area (Å²) in [6, 6.07) is 10.7. The molecule has 1 amide bonds. The predicted octanol–water partition coefficient (Wildman–Crippen LogP) is 3.51. The number of hydrogen-bond donors (Lipinski definition) is 1. The number of hydrogen-bond acceptors (Lipinski definition) is 5. The molecule has 0 radical (unpaired) electrons. The van der Waals surface area contributed by atoms with Gasteiger partial charge in [0.2, 0.25) is 0 Å². The van der Waals surface area contributed by atoms with Crippen LogP contribution in [0.5, 0.6) is 11.5 Å².